The van der Waals surface area contributed by atoms with Crippen LogP contribution in [-0.4, -0.2) is 15.8 Å². The average molecular weight is 1060 g/mol. The molecule has 0 aliphatic carbocycles. The highest BCUT2D eigenvalue weighted by Gasteiger charge is 2.45. The molecule has 386 valence electrons. The number of para-hydroxylation sites is 4. The summed E-state index contributed by atoms with van der Waals surface area (Å²) in [6.07, 6.45) is 0. The molecular weight excluding hydrogens is 1000 g/mol. The van der Waals surface area contributed by atoms with Crippen molar-refractivity contribution in [3.63, 3.8) is 0 Å². The maximum absolute atomic E-state index is 2.55. The first-order valence-corrected chi connectivity index (χ1v) is 28.7. The van der Waals surface area contributed by atoms with E-state index in [0.29, 0.717) is 0 Å². The normalized spacial score (nSPS) is 12.5. The van der Waals surface area contributed by atoms with Crippen LogP contribution in [0.4, 0.5) is 34.1 Å². The fourth-order valence-electron chi connectivity index (χ4n) is 13.9. The maximum Gasteiger partial charge on any atom is 0.252 e. The second-order valence-electron chi connectivity index (χ2n) is 22.0. The number of hydrogen-bond donors (Lipinski definition) is 0. The summed E-state index contributed by atoms with van der Waals surface area (Å²) >= 11 is 0. The zero-order chi connectivity index (χ0) is 54.5. The first kappa shape index (κ1) is 47.0. The quantitative estimate of drug-likeness (QED) is 0.141. The fourth-order valence-corrected chi connectivity index (χ4v) is 13.9. The zero-order valence-corrected chi connectivity index (χ0v) is 45.3. The standard InChI is InChI=1S/C78H51BN4/c1-7-22-52(23-8-1)56-40-44-68-62(48-56)63-49-57(53-24-9-2-10-25-53)41-45-69(63)82(68)74-38-19-34-66-77(74)80(60-30-15-5-16-31-60)72-36-21-37-73-76(72)79(66)67-35-20-39-75(78(67)81(73)61-32-17-6-18-33-61)83-70-46-42-58(54-26-11-3-12-27-54)50-64(70)65-51-59(43-47-71(65)83)55-28-13-4-14-29-55/h1-51H. The molecule has 0 atom stereocenters. The Hall–Kier alpha value is -10.9. The minimum Gasteiger partial charge on any atom is -0.309 e. The van der Waals surface area contributed by atoms with Crippen molar-refractivity contribution >= 4 is 101 Å². The van der Waals surface area contributed by atoms with E-state index in [1.165, 1.54) is 82.4 Å². The molecule has 0 saturated carbocycles. The van der Waals surface area contributed by atoms with E-state index in [2.05, 4.69) is 328 Å². The summed E-state index contributed by atoms with van der Waals surface area (Å²) in [5.74, 6) is 0. The summed E-state index contributed by atoms with van der Waals surface area (Å²) in [5.41, 5.74) is 27.1. The zero-order valence-electron chi connectivity index (χ0n) is 45.3. The van der Waals surface area contributed by atoms with Gasteiger partial charge in [0.15, 0.2) is 0 Å². The summed E-state index contributed by atoms with van der Waals surface area (Å²) in [5, 5.41) is 4.85. The van der Waals surface area contributed by atoms with E-state index in [0.717, 1.165) is 67.6 Å². The predicted octanol–water partition coefficient (Wildman–Crippen LogP) is 18.6. The van der Waals surface area contributed by atoms with E-state index < -0.39 is 0 Å². The summed E-state index contributed by atoms with van der Waals surface area (Å²) in [6, 6.07) is 114. The van der Waals surface area contributed by atoms with E-state index in [-0.39, 0.29) is 6.71 Å². The molecule has 2 aliphatic heterocycles. The van der Waals surface area contributed by atoms with Crippen molar-refractivity contribution in [3.05, 3.63) is 309 Å². The highest BCUT2D eigenvalue weighted by atomic mass is 15.2. The summed E-state index contributed by atoms with van der Waals surface area (Å²) < 4.78 is 5.08. The van der Waals surface area contributed by atoms with Gasteiger partial charge in [-0.2, -0.15) is 0 Å². The van der Waals surface area contributed by atoms with Gasteiger partial charge in [0.2, 0.25) is 0 Å². The number of aromatic nitrogens is 2. The van der Waals surface area contributed by atoms with Gasteiger partial charge in [-0.25, -0.2) is 0 Å². The lowest BCUT2D eigenvalue weighted by molar-refractivity contribution is 1.14. The van der Waals surface area contributed by atoms with Gasteiger partial charge in [-0.3, -0.25) is 0 Å². The Morgan fingerprint density at radius 2 is 0.494 bits per heavy atom. The molecule has 5 heteroatoms. The molecular formula is C78H51BN4. The highest BCUT2D eigenvalue weighted by Crippen LogP contribution is 2.50. The Labute approximate surface area is 482 Å². The van der Waals surface area contributed by atoms with Gasteiger partial charge >= 0.3 is 0 Å². The number of hydrogen-bond acceptors (Lipinski definition) is 2. The van der Waals surface area contributed by atoms with E-state index >= 15 is 0 Å². The molecule has 4 nitrogen and oxygen atoms in total. The van der Waals surface area contributed by atoms with Crippen LogP contribution in [0.2, 0.25) is 0 Å². The van der Waals surface area contributed by atoms with Crippen LogP contribution >= 0.6 is 0 Å². The van der Waals surface area contributed by atoms with Crippen LogP contribution in [0, 0.1) is 0 Å². The Morgan fingerprint density at radius 1 is 0.217 bits per heavy atom. The monoisotopic (exact) mass is 1050 g/mol. The molecule has 15 aromatic rings. The van der Waals surface area contributed by atoms with E-state index in [1.807, 2.05) is 0 Å². The molecule has 2 aromatic heterocycles. The van der Waals surface area contributed by atoms with Gasteiger partial charge in [-0.1, -0.05) is 212 Å². The molecule has 2 aliphatic rings. The Kier molecular flexibility index (Phi) is 10.7. The summed E-state index contributed by atoms with van der Waals surface area (Å²) in [7, 11) is 0. The minimum atomic E-state index is -0.143. The van der Waals surface area contributed by atoms with Crippen molar-refractivity contribution in [3.8, 4) is 55.9 Å². The third-order valence-corrected chi connectivity index (χ3v) is 17.5. The van der Waals surface area contributed by atoms with Crippen molar-refractivity contribution in [2.75, 3.05) is 9.80 Å². The van der Waals surface area contributed by atoms with Crippen molar-refractivity contribution in [1.29, 1.82) is 0 Å². The van der Waals surface area contributed by atoms with Crippen LogP contribution in [0.15, 0.2) is 309 Å². The lowest BCUT2D eigenvalue weighted by atomic mass is 9.33. The number of rotatable bonds is 8. The average Bonchev–Trinajstić information content (AvgIpc) is 4.27. The molecule has 13 aromatic carbocycles. The second kappa shape index (κ2) is 18.9. The van der Waals surface area contributed by atoms with Gasteiger partial charge in [0, 0.05) is 44.3 Å². The molecule has 83 heavy (non-hydrogen) atoms. The number of nitrogens with zero attached hydrogens (tertiary/aromatic N) is 4. The lowest BCUT2D eigenvalue weighted by Gasteiger charge is -2.45. The predicted molar refractivity (Wildman–Crippen MR) is 351 cm³/mol. The molecule has 0 radical (unpaired) electrons. The Morgan fingerprint density at radius 3 is 0.807 bits per heavy atom. The van der Waals surface area contributed by atoms with Gasteiger partial charge in [0.1, 0.15) is 0 Å². The molecule has 4 heterocycles. The van der Waals surface area contributed by atoms with Crippen LogP contribution in [0.1, 0.15) is 0 Å². The van der Waals surface area contributed by atoms with Crippen molar-refractivity contribution in [2.45, 2.75) is 0 Å². The molecule has 0 spiro atoms. The van der Waals surface area contributed by atoms with Gasteiger partial charge in [0.05, 0.1) is 44.8 Å². The first-order chi connectivity index (χ1) is 41.2. The number of anilines is 6. The fraction of sp³-hybridized carbons (Fsp3) is 0. The van der Waals surface area contributed by atoms with Crippen molar-refractivity contribution in [2.24, 2.45) is 0 Å². The highest BCUT2D eigenvalue weighted by molar-refractivity contribution is 7.00. The molecule has 0 amide bonds. The van der Waals surface area contributed by atoms with Gasteiger partial charge < -0.3 is 18.9 Å². The van der Waals surface area contributed by atoms with Gasteiger partial charge in [-0.05, 0) is 158 Å². The van der Waals surface area contributed by atoms with E-state index in [9.17, 15) is 0 Å². The number of fused-ring (bicyclic) bond motifs is 10. The lowest BCUT2D eigenvalue weighted by Crippen LogP contribution is -2.61. The van der Waals surface area contributed by atoms with Crippen LogP contribution in [0.25, 0.3) is 99.5 Å². The third-order valence-electron chi connectivity index (χ3n) is 17.5. The third kappa shape index (κ3) is 7.34. The van der Waals surface area contributed by atoms with Gasteiger partial charge in [0.25, 0.3) is 6.71 Å². The molecule has 0 bridgehead atoms. The summed E-state index contributed by atoms with van der Waals surface area (Å²) in [4.78, 5) is 5.10. The smallest absolute Gasteiger partial charge is 0.252 e. The van der Waals surface area contributed by atoms with Crippen molar-refractivity contribution < 1.29 is 0 Å². The Balaban J connectivity index is 0.953. The molecule has 0 fully saturated rings. The topological polar surface area (TPSA) is 16.3 Å². The van der Waals surface area contributed by atoms with Crippen LogP contribution < -0.4 is 26.2 Å². The molecule has 17 rings (SSSR count). The first-order valence-electron chi connectivity index (χ1n) is 28.7. The Bertz CT molecular complexity index is 4510. The van der Waals surface area contributed by atoms with Crippen LogP contribution in [-0.2, 0) is 0 Å². The molecule has 0 saturated heterocycles. The van der Waals surface area contributed by atoms with Gasteiger partial charge in [-0.15, -0.1) is 0 Å². The SMILES string of the molecule is c1ccc(-c2ccc3c(c2)c2cc(-c4ccccc4)ccc2n3-c2cccc3c2N(c2ccccc2)c2cccc4c2B3c2cccc(-n3c5ccc(-c6ccccc6)cc5c5cc(-c6ccccc6)ccc53)c2N4c2ccccc2)cc1. The minimum absolute atomic E-state index is 0.143. The van der Waals surface area contributed by atoms with Crippen LogP contribution in [0.5, 0.6) is 0 Å². The van der Waals surface area contributed by atoms with E-state index in [1.54, 1.807) is 0 Å². The largest absolute Gasteiger partial charge is 0.309 e. The van der Waals surface area contributed by atoms with E-state index in [4.69, 9.17) is 0 Å². The molecule has 0 N–H and O–H groups in total. The maximum atomic E-state index is 2.55. The number of benzene rings is 13. The van der Waals surface area contributed by atoms with Crippen LogP contribution in [0.3, 0.4) is 0 Å². The summed E-state index contributed by atoms with van der Waals surface area (Å²) in [6.45, 7) is -0.143. The molecule has 0 unspecified atom stereocenters. The second-order valence-corrected chi connectivity index (χ2v) is 22.0. The van der Waals surface area contributed by atoms with Crippen molar-refractivity contribution in [1.82, 2.24) is 9.13 Å².